The lowest BCUT2D eigenvalue weighted by Gasteiger charge is -2.08. The first-order valence-corrected chi connectivity index (χ1v) is 6.63. The SMILES string of the molecule is c1ccc(COc2cccc(Cc3cnc[nH]3)c2)cc1. The second-order valence-corrected chi connectivity index (χ2v) is 4.68. The molecule has 0 aliphatic rings. The smallest absolute Gasteiger partial charge is 0.120 e. The van der Waals surface area contributed by atoms with Gasteiger partial charge < -0.3 is 9.72 Å². The highest BCUT2D eigenvalue weighted by atomic mass is 16.5. The highest BCUT2D eigenvalue weighted by Gasteiger charge is 2.00. The summed E-state index contributed by atoms with van der Waals surface area (Å²) in [5, 5.41) is 0. The van der Waals surface area contributed by atoms with E-state index in [0.717, 1.165) is 17.9 Å². The molecular weight excluding hydrogens is 248 g/mol. The molecule has 20 heavy (non-hydrogen) atoms. The monoisotopic (exact) mass is 264 g/mol. The summed E-state index contributed by atoms with van der Waals surface area (Å²) in [5.41, 5.74) is 3.48. The minimum Gasteiger partial charge on any atom is -0.489 e. The second kappa shape index (κ2) is 6.06. The number of hydrogen-bond donors (Lipinski definition) is 1. The van der Waals surface area contributed by atoms with Gasteiger partial charge in [-0.3, -0.25) is 0 Å². The molecule has 0 atom stereocenters. The Morgan fingerprint density at radius 3 is 2.60 bits per heavy atom. The number of imidazole rings is 1. The van der Waals surface area contributed by atoms with Gasteiger partial charge in [0.1, 0.15) is 12.4 Å². The van der Waals surface area contributed by atoms with Crippen LogP contribution in [0.3, 0.4) is 0 Å². The molecule has 0 fully saturated rings. The van der Waals surface area contributed by atoms with Gasteiger partial charge in [0.2, 0.25) is 0 Å². The van der Waals surface area contributed by atoms with E-state index >= 15 is 0 Å². The Balaban J connectivity index is 1.65. The summed E-state index contributed by atoms with van der Waals surface area (Å²) < 4.78 is 5.83. The number of benzene rings is 2. The van der Waals surface area contributed by atoms with Crippen LogP contribution in [0.5, 0.6) is 5.75 Å². The molecule has 0 saturated carbocycles. The second-order valence-electron chi connectivity index (χ2n) is 4.68. The molecule has 0 spiro atoms. The third kappa shape index (κ3) is 3.26. The Kier molecular flexibility index (Phi) is 3.78. The van der Waals surface area contributed by atoms with Crippen LogP contribution in [-0.2, 0) is 13.0 Å². The van der Waals surface area contributed by atoms with E-state index in [2.05, 4.69) is 34.2 Å². The van der Waals surface area contributed by atoms with E-state index in [1.54, 1.807) is 6.33 Å². The van der Waals surface area contributed by atoms with Crippen molar-refractivity contribution in [3.05, 3.63) is 83.9 Å². The van der Waals surface area contributed by atoms with Crippen molar-refractivity contribution in [1.29, 1.82) is 0 Å². The molecular formula is C17H16N2O. The fraction of sp³-hybridized carbons (Fsp3) is 0.118. The number of ether oxygens (including phenoxy) is 1. The predicted octanol–water partition coefficient (Wildman–Crippen LogP) is 3.58. The molecule has 3 rings (SSSR count). The van der Waals surface area contributed by atoms with Crippen LogP contribution in [0.2, 0.25) is 0 Å². The zero-order valence-electron chi connectivity index (χ0n) is 11.1. The molecule has 0 aliphatic heterocycles. The first-order valence-electron chi connectivity index (χ1n) is 6.63. The molecule has 3 heteroatoms. The first kappa shape index (κ1) is 12.5. The summed E-state index contributed by atoms with van der Waals surface area (Å²) in [4.78, 5) is 7.14. The lowest BCUT2D eigenvalue weighted by atomic mass is 10.1. The van der Waals surface area contributed by atoms with Crippen LogP contribution < -0.4 is 4.74 Å². The van der Waals surface area contributed by atoms with Crippen LogP contribution in [0.25, 0.3) is 0 Å². The Labute approximate surface area is 118 Å². The molecule has 100 valence electrons. The van der Waals surface area contributed by atoms with Crippen molar-refractivity contribution < 1.29 is 4.74 Å². The molecule has 3 aromatic rings. The first-order chi connectivity index (χ1) is 9.90. The molecule has 0 radical (unpaired) electrons. The van der Waals surface area contributed by atoms with Crippen molar-refractivity contribution in [2.24, 2.45) is 0 Å². The molecule has 0 aliphatic carbocycles. The molecule has 1 aromatic heterocycles. The largest absolute Gasteiger partial charge is 0.489 e. The Morgan fingerprint density at radius 1 is 0.950 bits per heavy atom. The Morgan fingerprint density at radius 2 is 1.80 bits per heavy atom. The summed E-state index contributed by atoms with van der Waals surface area (Å²) >= 11 is 0. The van der Waals surface area contributed by atoms with Crippen molar-refractivity contribution in [2.45, 2.75) is 13.0 Å². The quantitative estimate of drug-likeness (QED) is 0.765. The fourth-order valence-corrected chi connectivity index (χ4v) is 2.09. The van der Waals surface area contributed by atoms with Gasteiger partial charge in [-0.2, -0.15) is 0 Å². The number of H-pyrrole nitrogens is 1. The van der Waals surface area contributed by atoms with Gasteiger partial charge in [-0.05, 0) is 23.3 Å². The van der Waals surface area contributed by atoms with Gasteiger partial charge in [0.25, 0.3) is 0 Å². The topological polar surface area (TPSA) is 37.9 Å². The molecule has 2 aromatic carbocycles. The lowest BCUT2D eigenvalue weighted by Crippen LogP contribution is -1.96. The standard InChI is InChI=1S/C17H16N2O/c1-2-5-14(6-3-1)12-20-17-8-4-7-15(10-17)9-16-11-18-13-19-16/h1-8,10-11,13H,9,12H2,(H,18,19). The molecule has 1 N–H and O–H groups in total. The van der Waals surface area contributed by atoms with E-state index in [1.807, 2.05) is 36.5 Å². The number of nitrogens with zero attached hydrogens (tertiary/aromatic N) is 1. The number of nitrogens with one attached hydrogen (secondary N) is 1. The average Bonchev–Trinajstić information content (AvgIpc) is 3.00. The third-order valence-electron chi connectivity index (χ3n) is 3.10. The van der Waals surface area contributed by atoms with E-state index in [1.165, 1.54) is 11.1 Å². The summed E-state index contributed by atoms with van der Waals surface area (Å²) in [6.07, 6.45) is 4.38. The lowest BCUT2D eigenvalue weighted by molar-refractivity contribution is 0.306. The number of rotatable bonds is 5. The maximum absolute atomic E-state index is 5.83. The van der Waals surface area contributed by atoms with Crippen molar-refractivity contribution in [2.75, 3.05) is 0 Å². The fourth-order valence-electron chi connectivity index (χ4n) is 2.09. The molecule has 0 amide bonds. The van der Waals surface area contributed by atoms with Crippen LogP contribution >= 0.6 is 0 Å². The highest BCUT2D eigenvalue weighted by Crippen LogP contribution is 2.17. The van der Waals surface area contributed by atoms with E-state index in [-0.39, 0.29) is 0 Å². The van der Waals surface area contributed by atoms with Crippen LogP contribution in [0.4, 0.5) is 0 Å². The molecule has 1 heterocycles. The van der Waals surface area contributed by atoms with Crippen molar-refractivity contribution in [3.8, 4) is 5.75 Å². The van der Waals surface area contributed by atoms with Crippen LogP contribution in [0.15, 0.2) is 67.1 Å². The zero-order valence-corrected chi connectivity index (χ0v) is 11.1. The normalized spacial score (nSPS) is 10.4. The van der Waals surface area contributed by atoms with E-state index in [0.29, 0.717) is 6.61 Å². The third-order valence-corrected chi connectivity index (χ3v) is 3.10. The maximum Gasteiger partial charge on any atom is 0.120 e. The molecule has 3 nitrogen and oxygen atoms in total. The Bertz CT molecular complexity index is 648. The van der Waals surface area contributed by atoms with Gasteiger partial charge in [-0.1, -0.05) is 42.5 Å². The van der Waals surface area contributed by atoms with Gasteiger partial charge >= 0.3 is 0 Å². The van der Waals surface area contributed by atoms with Crippen molar-refractivity contribution >= 4 is 0 Å². The number of aromatic amines is 1. The van der Waals surface area contributed by atoms with Crippen LogP contribution in [0.1, 0.15) is 16.8 Å². The van der Waals surface area contributed by atoms with E-state index in [9.17, 15) is 0 Å². The summed E-state index contributed by atoms with van der Waals surface area (Å²) in [6.45, 7) is 0.592. The number of hydrogen-bond acceptors (Lipinski definition) is 2. The van der Waals surface area contributed by atoms with Crippen LogP contribution in [0, 0.1) is 0 Å². The van der Waals surface area contributed by atoms with Crippen molar-refractivity contribution in [3.63, 3.8) is 0 Å². The maximum atomic E-state index is 5.83. The van der Waals surface area contributed by atoms with Crippen molar-refractivity contribution in [1.82, 2.24) is 9.97 Å². The minimum atomic E-state index is 0.592. The van der Waals surface area contributed by atoms with E-state index < -0.39 is 0 Å². The predicted molar refractivity (Wildman–Crippen MR) is 78.6 cm³/mol. The molecule has 0 saturated heterocycles. The summed E-state index contributed by atoms with van der Waals surface area (Å²) in [7, 11) is 0. The molecule has 0 unspecified atom stereocenters. The summed E-state index contributed by atoms with van der Waals surface area (Å²) in [6, 6.07) is 18.4. The van der Waals surface area contributed by atoms with Gasteiger partial charge in [-0.15, -0.1) is 0 Å². The summed E-state index contributed by atoms with van der Waals surface area (Å²) in [5.74, 6) is 0.894. The Hall–Kier alpha value is -2.55. The van der Waals surface area contributed by atoms with Crippen LogP contribution in [-0.4, -0.2) is 9.97 Å². The molecule has 0 bridgehead atoms. The minimum absolute atomic E-state index is 0.592. The zero-order chi connectivity index (χ0) is 13.6. The van der Waals surface area contributed by atoms with E-state index in [4.69, 9.17) is 4.74 Å². The number of aromatic nitrogens is 2. The van der Waals surface area contributed by atoms with Gasteiger partial charge in [0.05, 0.1) is 6.33 Å². The average molecular weight is 264 g/mol. The van der Waals surface area contributed by atoms with Gasteiger partial charge in [0, 0.05) is 18.3 Å². The highest BCUT2D eigenvalue weighted by molar-refractivity contribution is 5.31. The van der Waals surface area contributed by atoms with Gasteiger partial charge in [-0.25, -0.2) is 4.98 Å². The van der Waals surface area contributed by atoms with Gasteiger partial charge in [0.15, 0.2) is 0 Å².